The summed E-state index contributed by atoms with van der Waals surface area (Å²) in [5.41, 5.74) is 0.951. The van der Waals surface area contributed by atoms with Crippen LogP contribution in [0.1, 0.15) is 12.8 Å². The largest absolute Gasteiger partial charge is 0.339 e. The van der Waals surface area contributed by atoms with Gasteiger partial charge in [0.1, 0.15) is 5.69 Å². The molecule has 0 aromatic carbocycles. The average molecular weight is 275 g/mol. The number of nitrogens with zero attached hydrogens (tertiary/aromatic N) is 5. The predicted molar refractivity (Wildman–Crippen MR) is 77.4 cm³/mol. The van der Waals surface area contributed by atoms with Crippen molar-refractivity contribution in [1.29, 1.82) is 0 Å². The summed E-state index contributed by atoms with van der Waals surface area (Å²) in [7, 11) is 3.91. The molecule has 0 radical (unpaired) electrons. The number of H-pyrrole nitrogens is 1. The van der Waals surface area contributed by atoms with Crippen LogP contribution in [-0.4, -0.2) is 51.6 Å². The normalized spacial score (nSPS) is 19.5. The molecule has 1 aliphatic heterocycles. The zero-order valence-electron chi connectivity index (χ0n) is 12.0. The third kappa shape index (κ3) is 2.53. The summed E-state index contributed by atoms with van der Waals surface area (Å²) in [5, 5.41) is 14.8. The molecule has 0 saturated carbocycles. The standard InChI is InChI=1S/C13H21N7/c1-14-8-10-4-3-7-20(9-10)13-16-12(17-18-13)11-5-6-15-19(11)2/h5-6,10,14H,3-4,7-9H2,1-2H3,(H,16,17,18). The molecule has 2 aromatic heterocycles. The van der Waals surface area contributed by atoms with Gasteiger partial charge in [-0.05, 0) is 38.4 Å². The second-order valence-corrected chi connectivity index (χ2v) is 5.34. The van der Waals surface area contributed by atoms with Gasteiger partial charge in [0.05, 0.1) is 0 Å². The third-order valence-corrected chi connectivity index (χ3v) is 3.83. The van der Waals surface area contributed by atoms with Gasteiger partial charge in [0, 0.05) is 26.3 Å². The van der Waals surface area contributed by atoms with E-state index in [2.05, 4.69) is 30.5 Å². The molecule has 2 N–H and O–H groups in total. The fourth-order valence-electron chi connectivity index (χ4n) is 2.82. The Kier molecular flexibility index (Phi) is 3.68. The first-order valence-corrected chi connectivity index (χ1v) is 7.08. The van der Waals surface area contributed by atoms with E-state index in [1.807, 2.05) is 20.2 Å². The molecule has 2 aromatic rings. The first-order chi connectivity index (χ1) is 9.78. The van der Waals surface area contributed by atoms with Gasteiger partial charge in [-0.25, -0.2) is 0 Å². The van der Waals surface area contributed by atoms with Crippen LogP contribution >= 0.6 is 0 Å². The van der Waals surface area contributed by atoms with Crippen molar-refractivity contribution in [1.82, 2.24) is 30.3 Å². The summed E-state index contributed by atoms with van der Waals surface area (Å²) in [4.78, 5) is 6.88. The van der Waals surface area contributed by atoms with Gasteiger partial charge in [0.2, 0.25) is 5.95 Å². The number of hydrogen-bond donors (Lipinski definition) is 2. The molecule has 7 nitrogen and oxygen atoms in total. The Labute approximate surface area is 118 Å². The highest BCUT2D eigenvalue weighted by molar-refractivity contribution is 5.51. The SMILES string of the molecule is CNCC1CCCN(c2n[nH]c(-c3ccnn3C)n2)C1. The zero-order chi connectivity index (χ0) is 13.9. The molecule has 1 fully saturated rings. The summed E-state index contributed by atoms with van der Waals surface area (Å²) in [6, 6.07) is 1.93. The molecule has 1 unspecified atom stereocenters. The van der Waals surface area contributed by atoms with Crippen LogP contribution in [0.2, 0.25) is 0 Å². The van der Waals surface area contributed by atoms with Crippen LogP contribution in [0.25, 0.3) is 11.5 Å². The lowest BCUT2D eigenvalue weighted by atomic mass is 9.98. The maximum Gasteiger partial charge on any atom is 0.245 e. The van der Waals surface area contributed by atoms with Crippen LogP contribution in [0.15, 0.2) is 12.3 Å². The molecule has 3 rings (SSSR count). The van der Waals surface area contributed by atoms with Crippen molar-refractivity contribution in [3.8, 4) is 11.5 Å². The topological polar surface area (TPSA) is 74.7 Å². The van der Waals surface area contributed by atoms with E-state index in [0.717, 1.165) is 37.1 Å². The fraction of sp³-hybridized carbons (Fsp3) is 0.615. The lowest BCUT2D eigenvalue weighted by molar-refractivity contribution is 0.399. The number of rotatable bonds is 4. The number of aryl methyl sites for hydroxylation is 1. The smallest absolute Gasteiger partial charge is 0.245 e. The van der Waals surface area contributed by atoms with E-state index in [4.69, 9.17) is 0 Å². The number of piperidine rings is 1. The van der Waals surface area contributed by atoms with Crippen molar-refractivity contribution in [3.63, 3.8) is 0 Å². The van der Waals surface area contributed by atoms with Crippen molar-refractivity contribution in [3.05, 3.63) is 12.3 Å². The van der Waals surface area contributed by atoms with E-state index in [-0.39, 0.29) is 0 Å². The molecule has 3 heterocycles. The van der Waals surface area contributed by atoms with Crippen LogP contribution < -0.4 is 10.2 Å². The van der Waals surface area contributed by atoms with E-state index in [0.29, 0.717) is 5.92 Å². The molecule has 0 amide bonds. The van der Waals surface area contributed by atoms with E-state index in [1.54, 1.807) is 10.9 Å². The van der Waals surface area contributed by atoms with Gasteiger partial charge in [-0.3, -0.25) is 9.78 Å². The average Bonchev–Trinajstić information content (AvgIpc) is 3.08. The van der Waals surface area contributed by atoms with Gasteiger partial charge in [-0.15, -0.1) is 5.10 Å². The second-order valence-electron chi connectivity index (χ2n) is 5.34. The Hall–Kier alpha value is -1.89. The van der Waals surface area contributed by atoms with E-state index >= 15 is 0 Å². The summed E-state index contributed by atoms with van der Waals surface area (Å²) >= 11 is 0. The van der Waals surface area contributed by atoms with Gasteiger partial charge in [-0.2, -0.15) is 10.1 Å². The van der Waals surface area contributed by atoms with E-state index in [1.165, 1.54) is 12.8 Å². The molecule has 0 bridgehead atoms. The maximum absolute atomic E-state index is 4.61. The Balaban J connectivity index is 1.75. The highest BCUT2D eigenvalue weighted by atomic mass is 15.4. The molecule has 7 heteroatoms. The molecular formula is C13H21N7. The number of nitrogens with one attached hydrogen (secondary N) is 2. The van der Waals surface area contributed by atoms with Crippen LogP contribution in [0.4, 0.5) is 5.95 Å². The van der Waals surface area contributed by atoms with Crippen LogP contribution in [0.5, 0.6) is 0 Å². The monoisotopic (exact) mass is 275 g/mol. The van der Waals surface area contributed by atoms with Crippen molar-refractivity contribution < 1.29 is 0 Å². The molecule has 1 aliphatic rings. The molecule has 108 valence electrons. The minimum atomic E-state index is 0.674. The van der Waals surface area contributed by atoms with Gasteiger partial charge < -0.3 is 10.2 Å². The summed E-state index contributed by atoms with van der Waals surface area (Å²) in [6.07, 6.45) is 4.24. The quantitative estimate of drug-likeness (QED) is 0.856. The van der Waals surface area contributed by atoms with Crippen molar-refractivity contribution in [2.45, 2.75) is 12.8 Å². The van der Waals surface area contributed by atoms with Crippen molar-refractivity contribution >= 4 is 5.95 Å². The Morgan fingerprint density at radius 1 is 1.50 bits per heavy atom. The lowest BCUT2D eigenvalue weighted by Crippen LogP contribution is -2.39. The Bertz CT molecular complexity index is 557. The van der Waals surface area contributed by atoms with Crippen molar-refractivity contribution in [2.75, 3.05) is 31.6 Å². The van der Waals surface area contributed by atoms with Crippen LogP contribution in [0, 0.1) is 5.92 Å². The lowest BCUT2D eigenvalue weighted by Gasteiger charge is -2.31. The van der Waals surface area contributed by atoms with Crippen LogP contribution in [0.3, 0.4) is 0 Å². The van der Waals surface area contributed by atoms with Gasteiger partial charge >= 0.3 is 0 Å². The molecule has 0 aliphatic carbocycles. The van der Waals surface area contributed by atoms with Gasteiger partial charge in [0.25, 0.3) is 0 Å². The zero-order valence-corrected chi connectivity index (χ0v) is 12.0. The fourth-order valence-corrected chi connectivity index (χ4v) is 2.82. The number of aromatic nitrogens is 5. The number of hydrogen-bond acceptors (Lipinski definition) is 5. The summed E-state index contributed by atoms with van der Waals surface area (Å²) in [5.74, 6) is 2.24. The summed E-state index contributed by atoms with van der Waals surface area (Å²) in [6.45, 7) is 3.10. The molecule has 1 atom stereocenters. The van der Waals surface area contributed by atoms with Crippen molar-refractivity contribution in [2.24, 2.45) is 13.0 Å². The Morgan fingerprint density at radius 2 is 2.40 bits per heavy atom. The number of anilines is 1. The maximum atomic E-state index is 4.61. The first kappa shape index (κ1) is 13.1. The molecule has 0 spiro atoms. The summed E-state index contributed by atoms with van der Waals surface area (Å²) < 4.78 is 1.80. The van der Waals surface area contributed by atoms with E-state index in [9.17, 15) is 0 Å². The minimum absolute atomic E-state index is 0.674. The number of aromatic amines is 1. The molecular weight excluding hydrogens is 254 g/mol. The Morgan fingerprint density at radius 3 is 3.15 bits per heavy atom. The highest BCUT2D eigenvalue weighted by Crippen LogP contribution is 2.22. The first-order valence-electron chi connectivity index (χ1n) is 7.08. The third-order valence-electron chi connectivity index (χ3n) is 3.83. The van der Waals surface area contributed by atoms with Crippen LogP contribution in [-0.2, 0) is 7.05 Å². The van der Waals surface area contributed by atoms with E-state index < -0.39 is 0 Å². The highest BCUT2D eigenvalue weighted by Gasteiger charge is 2.22. The molecule has 20 heavy (non-hydrogen) atoms. The minimum Gasteiger partial charge on any atom is -0.339 e. The molecule has 1 saturated heterocycles. The van der Waals surface area contributed by atoms with Gasteiger partial charge in [0.15, 0.2) is 5.82 Å². The predicted octanol–water partition coefficient (Wildman–Crippen LogP) is 0.641. The second kappa shape index (κ2) is 5.62. The van der Waals surface area contributed by atoms with Gasteiger partial charge in [-0.1, -0.05) is 0 Å².